The number of sulfone groups is 1. The highest BCUT2D eigenvalue weighted by molar-refractivity contribution is 8.10. The Hall–Kier alpha value is -0.720. The Morgan fingerprint density at radius 3 is 2.67 bits per heavy atom. The van der Waals surface area contributed by atoms with Gasteiger partial charge in [0.1, 0.15) is 0 Å². The van der Waals surface area contributed by atoms with E-state index in [0.29, 0.717) is 24.7 Å². The van der Waals surface area contributed by atoms with Gasteiger partial charge in [-0.3, -0.25) is 4.90 Å². The molecule has 84 valence electrons. The van der Waals surface area contributed by atoms with Crippen LogP contribution in [0.5, 0.6) is 0 Å². The van der Waals surface area contributed by atoms with Crippen LogP contribution in [-0.2, 0) is 14.6 Å². The fourth-order valence-corrected chi connectivity index (χ4v) is 2.67. The summed E-state index contributed by atoms with van der Waals surface area (Å²) in [5.74, 6) is 0. The fraction of sp³-hybridized carbons (Fsp3) is 0.667. The Morgan fingerprint density at radius 1 is 1.47 bits per heavy atom. The van der Waals surface area contributed by atoms with Crippen molar-refractivity contribution in [3.63, 3.8) is 0 Å². The van der Waals surface area contributed by atoms with Crippen molar-refractivity contribution in [2.75, 3.05) is 32.8 Å². The molecule has 2 aliphatic rings. The van der Waals surface area contributed by atoms with Gasteiger partial charge in [-0.1, -0.05) is 0 Å². The smallest absolute Gasteiger partial charge is 0.218 e. The van der Waals surface area contributed by atoms with Gasteiger partial charge in [0.05, 0.1) is 24.7 Å². The standard InChI is InChI=1S/C9H14N2O3S/c1-8-6-10-9(15(8,12)13)7-11-2-4-14-5-3-11/h6H,2-5,7H2,1H3. The van der Waals surface area contributed by atoms with Crippen LogP contribution in [0.25, 0.3) is 0 Å². The van der Waals surface area contributed by atoms with Crippen LogP contribution in [0.3, 0.4) is 0 Å². The quantitative estimate of drug-likeness (QED) is 0.670. The lowest BCUT2D eigenvalue weighted by Gasteiger charge is -2.26. The molecule has 5 nitrogen and oxygen atoms in total. The van der Waals surface area contributed by atoms with E-state index in [-0.39, 0.29) is 5.04 Å². The van der Waals surface area contributed by atoms with E-state index in [0.717, 1.165) is 13.1 Å². The lowest BCUT2D eigenvalue weighted by atomic mass is 10.4. The average Bonchev–Trinajstić information content (AvgIpc) is 2.47. The first-order valence-electron chi connectivity index (χ1n) is 4.89. The minimum atomic E-state index is -3.24. The molecule has 6 heteroatoms. The summed E-state index contributed by atoms with van der Waals surface area (Å²) in [4.78, 5) is 6.33. The first-order chi connectivity index (χ1) is 7.10. The maximum Gasteiger partial charge on any atom is 0.218 e. The zero-order valence-electron chi connectivity index (χ0n) is 8.64. The highest BCUT2D eigenvalue weighted by atomic mass is 32.2. The number of ether oxygens (including phenoxy) is 1. The van der Waals surface area contributed by atoms with Gasteiger partial charge in [0.25, 0.3) is 0 Å². The van der Waals surface area contributed by atoms with Gasteiger partial charge in [0.15, 0.2) is 5.04 Å². The maximum atomic E-state index is 11.7. The molecule has 0 aromatic carbocycles. The van der Waals surface area contributed by atoms with Gasteiger partial charge in [0, 0.05) is 19.3 Å². The number of hydrogen-bond acceptors (Lipinski definition) is 5. The molecule has 0 radical (unpaired) electrons. The van der Waals surface area contributed by atoms with Crippen LogP contribution in [0.2, 0.25) is 0 Å². The highest BCUT2D eigenvalue weighted by Crippen LogP contribution is 2.17. The minimum absolute atomic E-state index is 0.266. The third-order valence-electron chi connectivity index (χ3n) is 2.59. The van der Waals surface area contributed by atoms with Gasteiger partial charge in [-0.05, 0) is 6.92 Å². The van der Waals surface area contributed by atoms with Crippen LogP contribution in [0, 0.1) is 0 Å². The number of nitrogens with zero attached hydrogens (tertiary/aromatic N) is 2. The average molecular weight is 230 g/mol. The van der Waals surface area contributed by atoms with Gasteiger partial charge >= 0.3 is 0 Å². The van der Waals surface area contributed by atoms with E-state index in [1.54, 1.807) is 6.92 Å². The molecule has 0 amide bonds. The second-order valence-corrected chi connectivity index (χ2v) is 5.78. The molecule has 2 aliphatic heterocycles. The number of rotatable bonds is 2. The van der Waals surface area contributed by atoms with E-state index in [2.05, 4.69) is 4.99 Å². The molecular formula is C9H14N2O3S. The van der Waals surface area contributed by atoms with E-state index in [1.807, 2.05) is 4.90 Å². The summed E-state index contributed by atoms with van der Waals surface area (Å²) < 4.78 is 28.6. The molecule has 0 atom stereocenters. The molecule has 0 bridgehead atoms. The second kappa shape index (κ2) is 4.03. The Balaban J connectivity index is 2.02. The molecule has 0 spiro atoms. The molecule has 0 aliphatic carbocycles. The summed E-state index contributed by atoms with van der Waals surface area (Å²) in [6.45, 7) is 4.85. The normalized spacial score (nSPS) is 26.2. The third kappa shape index (κ3) is 2.11. The van der Waals surface area contributed by atoms with Crippen LogP contribution in [0.15, 0.2) is 16.1 Å². The van der Waals surface area contributed by atoms with Crippen LogP contribution >= 0.6 is 0 Å². The van der Waals surface area contributed by atoms with E-state index < -0.39 is 9.84 Å². The second-order valence-electron chi connectivity index (χ2n) is 3.65. The van der Waals surface area contributed by atoms with Crippen molar-refractivity contribution < 1.29 is 13.2 Å². The first-order valence-corrected chi connectivity index (χ1v) is 6.37. The Kier molecular flexibility index (Phi) is 2.90. The zero-order chi connectivity index (χ0) is 10.9. The van der Waals surface area contributed by atoms with E-state index in [4.69, 9.17) is 4.74 Å². The lowest BCUT2D eigenvalue weighted by Crippen LogP contribution is -2.40. The number of hydrogen-bond donors (Lipinski definition) is 0. The van der Waals surface area contributed by atoms with Crippen molar-refractivity contribution in [2.24, 2.45) is 4.99 Å². The molecule has 0 aromatic rings. The van der Waals surface area contributed by atoms with Crippen molar-refractivity contribution in [3.05, 3.63) is 11.1 Å². The molecule has 2 rings (SSSR count). The first kappa shape index (κ1) is 10.8. The Morgan fingerprint density at radius 2 is 2.13 bits per heavy atom. The number of morpholine rings is 1. The lowest BCUT2D eigenvalue weighted by molar-refractivity contribution is 0.0455. The molecule has 0 saturated carbocycles. The third-order valence-corrected chi connectivity index (χ3v) is 4.40. The van der Waals surface area contributed by atoms with E-state index >= 15 is 0 Å². The van der Waals surface area contributed by atoms with Crippen LogP contribution in [0.1, 0.15) is 6.92 Å². The molecule has 0 aromatic heterocycles. The Labute approximate surface area is 89.4 Å². The maximum absolute atomic E-state index is 11.7. The predicted molar refractivity (Wildman–Crippen MR) is 57.4 cm³/mol. The summed E-state index contributed by atoms with van der Waals surface area (Å²) in [5.41, 5.74) is 0. The van der Waals surface area contributed by atoms with Crippen LogP contribution in [-0.4, -0.2) is 51.2 Å². The molecule has 2 heterocycles. The van der Waals surface area contributed by atoms with Crippen LogP contribution in [0.4, 0.5) is 0 Å². The fourth-order valence-electron chi connectivity index (χ4n) is 1.56. The van der Waals surface area contributed by atoms with Gasteiger partial charge in [-0.15, -0.1) is 0 Å². The number of aliphatic imine (C=N–C) groups is 1. The molecule has 1 saturated heterocycles. The predicted octanol–water partition coefficient (Wildman–Crippen LogP) is 0.00680. The van der Waals surface area contributed by atoms with Crippen molar-refractivity contribution in [1.82, 2.24) is 4.90 Å². The van der Waals surface area contributed by atoms with Crippen molar-refractivity contribution in [3.8, 4) is 0 Å². The molecule has 0 unspecified atom stereocenters. The summed E-state index contributed by atoms with van der Waals surface area (Å²) in [7, 11) is -3.24. The highest BCUT2D eigenvalue weighted by Gasteiger charge is 2.28. The summed E-state index contributed by atoms with van der Waals surface area (Å²) in [6, 6.07) is 0. The molecular weight excluding hydrogens is 216 g/mol. The van der Waals surface area contributed by atoms with Gasteiger partial charge in [-0.2, -0.15) is 0 Å². The summed E-state index contributed by atoms with van der Waals surface area (Å²) >= 11 is 0. The minimum Gasteiger partial charge on any atom is -0.379 e. The van der Waals surface area contributed by atoms with E-state index in [1.165, 1.54) is 6.20 Å². The zero-order valence-corrected chi connectivity index (χ0v) is 9.46. The van der Waals surface area contributed by atoms with E-state index in [9.17, 15) is 8.42 Å². The van der Waals surface area contributed by atoms with Crippen molar-refractivity contribution in [2.45, 2.75) is 6.92 Å². The summed E-state index contributed by atoms with van der Waals surface area (Å²) in [5, 5.41) is 0.266. The van der Waals surface area contributed by atoms with Gasteiger partial charge < -0.3 is 4.74 Å². The van der Waals surface area contributed by atoms with Crippen molar-refractivity contribution in [1.29, 1.82) is 0 Å². The van der Waals surface area contributed by atoms with Crippen molar-refractivity contribution >= 4 is 14.9 Å². The largest absolute Gasteiger partial charge is 0.379 e. The topological polar surface area (TPSA) is 59.0 Å². The molecule has 0 N–H and O–H groups in total. The SMILES string of the molecule is CC1=CN=C(CN2CCOCC2)S1(=O)=O. The van der Waals surface area contributed by atoms with Gasteiger partial charge in [-0.25, -0.2) is 13.4 Å². The Bertz CT molecular complexity index is 405. The molecule has 1 fully saturated rings. The monoisotopic (exact) mass is 230 g/mol. The summed E-state index contributed by atoms with van der Waals surface area (Å²) in [6.07, 6.45) is 1.42. The number of allylic oxidation sites excluding steroid dienone is 1. The van der Waals surface area contributed by atoms with Gasteiger partial charge in [0.2, 0.25) is 9.84 Å². The molecule has 15 heavy (non-hydrogen) atoms. The van der Waals surface area contributed by atoms with Crippen LogP contribution < -0.4 is 0 Å².